The van der Waals surface area contributed by atoms with Crippen LogP contribution in [0.4, 0.5) is 8.78 Å². The molecular weight excluding hydrogens is 314 g/mol. The first-order valence-corrected chi connectivity index (χ1v) is 8.21. The molecule has 7 heteroatoms. The van der Waals surface area contributed by atoms with Crippen molar-refractivity contribution in [3.05, 3.63) is 46.5 Å². The molecule has 5 nitrogen and oxygen atoms in total. The van der Waals surface area contributed by atoms with Gasteiger partial charge in [0.25, 0.3) is 5.91 Å². The Morgan fingerprint density at radius 1 is 1.21 bits per heavy atom. The number of benzene rings is 1. The lowest BCUT2D eigenvalue weighted by molar-refractivity contribution is 0.0948. The van der Waals surface area contributed by atoms with Gasteiger partial charge in [-0.25, -0.2) is 8.78 Å². The summed E-state index contributed by atoms with van der Waals surface area (Å²) in [7, 11) is 0. The molecule has 1 N–H and O–H groups in total. The van der Waals surface area contributed by atoms with Crippen molar-refractivity contribution in [2.75, 3.05) is 6.54 Å². The third kappa shape index (κ3) is 3.29. The highest BCUT2D eigenvalue weighted by Crippen LogP contribution is 2.16. The van der Waals surface area contributed by atoms with Gasteiger partial charge in [0.2, 0.25) is 0 Å². The van der Waals surface area contributed by atoms with Crippen molar-refractivity contribution >= 4 is 5.91 Å². The lowest BCUT2D eigenvalue weighted by Gasteiger charge is -2.09. The largest absolute Gasteiger partial charge is 0.351 e. The molecule has 2 heterocycles. The zero-order chi connectivity index (χ0) is 17.1. The summed E-state index contributed by atoms with van der Waals surface area (Å²) in [5, 5.41) is 11.0. The third-order valence-corrected chi connectivity index (χ3v) is 4.34. The fourth-order valence-corrected chi connectivity index (χ4v) is 2.93. The van der Waals surface area contributed by atoms with E-state index in [1.807, 2.05) is 0 Å². The van der Waals surface area contributed by atoms with Crippen molar-refractivity contribution in [3.8, 4) is 0 Å². The van der Waals surface area contributed by atoms with Crippen LogP contribution in [0.3, 0.4) is 0 Å². The van der Waals surface area contributed by atoms with Crippen LogP contribution in [0.2, 0.25) is 0 Å². The Kier molecular flexibility index (Phi) is 4.87. The van der Waals surface area contributed by atoms with Crippen LogP contribution >= 0.6 is 0 Å². The van der Waals surface area contributed by atoms with E-state index in [1.54, 1.807) is 0 Å². The fourth-order valence-electron chi connectivity index (χ4n) is 2.93. The SMILES string of the molecule is Cc1ccc(C(=O)NCCc2nnc3n2CCCCC3)c(F)c1F. The second kappa shape index (κ2) is 7.07. The Morgan fingerprint density at radius 3 is 2.88 bits per heavy atom. The van der Waals surface area contributed by atoms with E-state index in [1.165, 1.54) is 25.5 Å². The summed E-state index contributed by atoms with van der Waals surface area (Å²) in [6.07, 6.45) is 4.82. The summed E-state index contributed by atoms with van der Waals surface area (Å²) >= 11 is 0. The van der Waals surface area contributed by atoms with Gasteiger partial charge in [0.15, 0.2) is 11.6 Å². The van der Waals surface area contributed by atoms with Gasteiger partial charge in [0.05, 0.1) is 5.56 Å². The van der Waals surface area contributed by atoms with E-state index in [0.29, 0.717) is 13.0 Å². The molecule has 24 heavy (non-hydrogen) atoms. The van der Waals surface area contributed by atoms with Gasteiger partial charge in [-0.2, -0.15) is 0 Å². The first-order valence-electron chi connectivity index (χ1n) is 8.21. The molecule has 1 aliphatic rings. The smallest absolute Gasteiger partial charge is 0.254 e. The van der Waals surface area contributed by atoms with Crippen LogP contribution in [0.15, 0.2) is 12.1 Å². The van der Waals surface area contributed by atoms with Crippen molar-refractivity contribution in [1.82, 2.24) is 20.1 Å². The number of rotatable bonds is 4. The van der Waals surface area contributed by atoms with Crippen molar-refractivity contribution in [2.24, 2.45) is 0 Å². The number of hydrogen-bond acceptors (Lipinski definition) is 3. The molecular formula is C17H20F2N4O. The van der Waals surface area contributed by atoms with Gasteiger partial charge in [-0.3, -0.25) is 4.79 Å². The highest BCUT2D eigenvalue weighted by Gasteiger charge is 2.18. The van der Waals surface area contributed by atoms with Crippen LogP contribution in [0.25, 0.3) is 0 Å². The lowest BCUT2D eigenvalue weighted by atomic mass is 10.1. The molecule has 2 aromatic rings. The van der Waals surface area contributed by atoms with Crippen molar-refractivity contribution in [3.63, 3.8) is 0 Å². The van der Waals surface area contributed by atoms with E-state index in [2.05, 4.69) is 20.1 Å². The lowest BCUT2D eigenvalue weighted by Crippen LogP contribution is -2.27. The molecule has 0 saturated heterocycles. The van der Waals surface area contributed by atoms with Gasteiger partial charge in [-0.15, -0.1) is 10.2 Å². The number of carbonyl (C=O) groups is 1. The standard InChI is InChI=1S/C17H20F2N4O/c1-11-6-7-12(16(19)15(11)18)17(24)20-9-8-14-22-21-13-5-3-2-4-10-23(13)14/h6-7H,2-5,8-10H2,1H3,(H,20,24). The number of hydrogen-bond donors (Lipinski definition) is 1. The molecule has 0 spiro atoms. The summed E-state index contributed by atoms with van der Waals surface area (Å²) in [6.45, 7) is 2.65. The predicted octanol–water partition coefficient (Wildman–Crippen LogP) is 2.56. The van der Waals surface area contributed by atoms with Crippen LogP contribution in [0.1, 0.15) is 46.8 Å². The van der Waals surface area contributed by atoms with Crippen molar-refractivity contribution in [2.45, 2.75) is 45.6 Å². The number of amides is 1. The maximum Gasteiger partial charge on any atom is 0.254 e. The van der Waals surface area contributed by atoms with E-state index in [9.17, 15) is 13.6 Å². The van der Waals surface area contributed by atoms with Crippen molar-refractivity contribution in [1.29, 1.82) is 0 Å². The number of nitrogens with one attached hydrogen (secondary N) is 1. The molecule has 0 unspecified atom stereocenters. The van der Waals surface area contributed by atoms with Crippen LogP contribution in [-0.4, -0.2) is 27.2 Å². The van der Waals surface area contributed by atoms with Crippen LogP contribution in [0, 0.1) is 18.6 Å². The zero-order valence-electron chi connectivity index (χ0n) is 13.6. The Balaban J connectivity index is 1.62. The summed E-state index contributed by atoms with van der Waals surface area (Å²) < 4.78 is 29.5. The normalized spacial score (nSPS) is 14.1. The number of carbonyl (C=O) groups excluding carboxylic acids is 1. The van der Waals surface area contributed by atoms with E-state index in [-0.39, 0.29) is 11.1 Å². The molecule has 1 aromatic carbocycles. The average Bonchev–Trinajstić information content (AvgIpc) is 2.80. The molecule has 1 aromatic heterocycles. The maximum atomic E-state index is 13.8. The molecule has 128 valence electrons. The molecule has 0 saturated carbocycles. The van der Waals surface area contributed by atoms with Gasteiger partial charge >= 0.3 is 0 Å². The van der Waals surface area contributed by atoms with Gasteiger partial charge in [0, 0.05) is 25.9 Å². The highest BCUT2D eigenvalue weighted by atomic mass is 19.2. The summed E-state index contributed by atoms with van der Waals surface area (Å²) in [6, 6.07) is 2.69. The van der Waals surface area contributed by atoms with Gasteiger partial charge in [0.1, 0.15) is 11.6 Å². The Bertz CT molecular complexity index is 757. The highest BCUT2D eigenvalue weighted by molar-refractivity contribution is 5.94. The van der Waals surface area contributed by atoms with E-state index < -0.39 is 17.5 Å². The second-order valence-corrected chi connectivity index (χ2v) is 6.06. The third-order valence-electron chi connectivity index (χ3n) is 4.34. The fraction of sp³-hybridized carbons (Fsp3) is 0.471. The monoisotopic (exact) mass is 334 g/mol. The van der Waals surface area contributed by atoms with Crippen molar-refractivity contribution < 1.29 is 13.6 Å². The average molecular weight is 334 g/mol. The number of nitrogens with zero attached hydrogens (tertiary/aromatic N) is 3. The number of aromatic nitrogens is 3. The molecule has 0 fully saturated rings. The van der Waals surface area contributed by atoms with E-state index in [0.717, 1.165) is 37.5 Å². The Labute approximate surface area is 139 Å². The molecule has 0 aliphatic carbocycles. The van der Waals surface area contributed by atoms with Gasteiger partial charge in [-0.1, -0.05) is 12.5 Å². The first-order chi connectivity index (χ1) is 11.6. The van der Waals surface area contributed by atoms with Crippen LogP contribution in [-0.2, 0) is 19.4 Å². The minimum absolute atomic E-state index is 0.176. The summed E-state index contributed by atoms with van der Waals surface area (Å²) in [5.74, 6) is -0.903. The Morgan fingerprint density at radius 2 is 2.04 bits per heavy atom. The topological polar surface area (TPSA) is 59.8 Å². The van der Waals surface area contributed by atoms with E-state index >= 15 is 0 Å². The minimum Gasteiger partial charge on any atom is -0.351 e. The molecule has 0 bridgehead atoms. The maximum absolute atomic E-state index is 13.8. The molecule has 1 amide bonds. The molecule has 0 radical (unpaired) electrons. The molecule has 0 atom stereocenters. The first kappa shape index (κ1) is 16.5. The van der Waals surface area contributed by atoms with Gasteiger partial charge in [-0.05, 0) is 31.4 Å². The zero-order valence-corrected chi connectivity index (χ0v) is 13.6. The van der Waals surface area contributed by atoms with E-state index in [4.69, 9.17) is 0 Å². The summed E-state index contributed by atoms with van der Waals surface area (Å²) in [5.41, 5.74) is -0.103. The minimum atomic E-state index is -1.11. The van der Waals surface area contributed by atoms with Gasteiger partial charge < -0.3 is 9.88 Å². The van der Waals surface area contributed by atoms with Crippen LogP contribution < -0.4 is 5.32 Å². The Hall–Kier alpha value is -2.31. The number of fused-ring (bicyclic) bond motifs is 1. The molecule has 1 aliphatic heterocycles. The quantitative estimate of drug-likeness (QED) is 0.935. The second-order valence-electron chi connectivity index (χ2n) is 6.06. The summed E-state index contributed by atoms with van der Waals surface area (Å²) in [4.78, 5) is 12.0. The predicted molar refractivity (Wildman–Crippen MR) is 84.7 cm³/mol. The number of aryl methyl sites for hydroxylation is 2. The number of halogens is 2. The van der Waals surface area contributed by atoms with Crippen LogP contribution in [0.5, 0.6) is 0 Å². The molecule has 3 rings (SSSR count).